The lowest BCUT2D eigenvalue weighted by molar-refractivity contribution is 0.369. The number of hydrogen-bond acceptors (Lipinski definition) is 4. The second-order valence-corrected chi connectivity index (χ2v) is 7.83. The van der Waals surface area contributed by atoms with Gasteiger partial charge in [-0.2, -0.15) is 0 Å². The van der Waals surface area contributed by atoms with E-state index in [1.165, 1.54) is 5.56 Å². The van der Waals surface area contributed by atoms with Gasteiger partial charge in [-0.25, -0.2) is 0 Å². The van der Waals surface area contributed by atoms with E-state index in [1.54, 1.807) is 17.8 Å². The van der Waals surface area contributed by atoms with Gasteiger partial charge in [-0.3, -0.25) is 0 Å². The van der Waals surface area contributed by atoms with Crippen molar-refractivity contribution in [2.24, 2.45) is 5.73 Å². The quantitative estimate of drug-likeness (QED) is 0.744. The Labute approximate surface area is 135 Å². The number of nitrogen functional groups attached to an aromatic ring is 1. The van der Waals surface area contributed by atoms with Crippen molar-refractivity contribution in [3.05, 3.63) is 53.6 Å². The molecule has 116 valence electrons. The SMILES string of the molecule is CC1(C)c2cc(O)ccc2C[C@H](Sc2cccc(N)c2)[C@H]1N. The summed E-state index contributed by atoms with van der Waals surface area (Å²) in [5.74, 6) is 0.306. The topological polar surface area (TPSA) is 72.3 Å². The molecule has 1 aliphatic carbocycles. The smallest absolute Gasteiger partial charge is 0.115 e. The molecular weight excluding hydrogens is 292 g/mol. The van der Waals surface area contributed by atoms with Crippen LogP contribution in [0.1, 0.15) is 25.0 Å². The summed E-state index contributed by atoms with van der Waals surface area (Å²) in [4.78, 5) is 1.15. The molecule has 0 saturated heterocycles. The minimum Gasteiger partial charge on any atom is -0.508 e. The summed E-state index contributed by atoms with van der Waals surface area (Å²) in [6.07, 6.45) is 0.902. The molecule has 0 heterocycles. The molecule has 22 heavy (non-hydrogen) atoms. The molecule has 0 aromatic heterocycles. The van der Waals surface area contributed by atoms with Crippen molar-refractivity contribution in [1.82, 2.24) is 0 Å². The summed E-state index contributed by atoms with van der Waals surface area (Å²) in [5.41, 5.74) is 15.5. The minimum absolute atomic E-state index is 0.00762. The summed E-state index contributed by atoms with van der Waals surface area (Å²) in [6, 6.07) is 13.6. The van der Waals surface area contributed by atoms with Crippen molar-refractivity contribution >= 4 is 17.4 Å². The zero-order valence-electron chi connectivity index (χ0n) is 12.9. The van der Waals surface area contributed by atoms with E-state index in [0.717, 1.165) is 22.6 Å². The third-order valence-corrected chi connectivity index (χ3v) is 5.88. The first-order chi connectivity index (χ1) is 10.4. The Kier molecular flexibility index (Phi) is 3.83. The van der Waals surface area contributed by atoms with Crippen molar-refractivity contribution in [1.29, 1.82) is 0 Å². The fourth-order valence-corrected chi connectivity index (χ4v) is 4.67. The zero-order chi connectivity index (χ0) is 15.9. The van der Waals surface area contributed by atoms with Gasteiger partial charge in [0.25, 0.3) is 0 Å². The molecule has 2 aromatic rings. The van der Waals surface area contributed by atoms with Crippen LogP contribution in [0.3, 0.4) is 0 Å². The number of phenolic OH excluding ortho intramolecular Hbond substituents is 1. The number of rotatable bonds is 2. The average molecular weight is 314 g/mol. The highest BCUT2D eigenvalue weighted by Crippen LogP contribution is 2.43. The van der Waals surface area contributed by atoms with Crippen LogP contribution in [0, 0.1) is 0 Å². The van der Waals surface area contributed by atoms with Crippen LogP contribution in [0.5, 0.6) is 5.75 Å². The highest BCUT2D eigenvalue weighted by Gasteiger charge is 2.40. The first-order valence-corrected chi connectivity index (χ1v) is 8.36. The summed E-state index contributed by atoms with van der Waals surface area (Å²) in [5, 5.41) is 10.1. The zero-order valence-corrected chi connectivity index (χ0v) is 13.7. The van der Waals surface area contributed by atoms with Gasteiger partial charge in [-0.1, -0.05) is 26.0 Å². The average Bonchev–Trinajstić information content (AvgIpc) is 2.46. The van der Waals surface area contributed by atoms with Crippen LogP contribution in [0.25, 0.3) is 0 Å². The van der Waals surface area contributed by atoms with E-state index in [-0.39, 0.29) is 16.7 Å². The second kappa shape index (κ2) is 5.52. The number of hydrogen-bond donors (Lipinski definition) is 3. The van der Waals surface area contributed by atoms with Crippen molar-refractivity contribution in [3.8, 4) is 5.75 Å². The number of aromatic hydroxyl groups is 1. The molecule has 0 unspecified atom stereocenters. The molecular formula is C18H22N2OS. The fraction of sp³-hybridized carbons (Fsp3) is 0.333. The Morgan fingerprint density at radius 1 is 1.18 bits per heavy atom. The standard InChI is InChI=1S/C18H22N2OS/c1-18(2)15-10-13(21)7-6-11(15)8-16(17(18)20)22-14-5-3-4-12(19)9-14/h3-7,9-10,16-17,21H,8,19-20H2,1-2H3/t16-,17+/m0/s1. The summed E-state index contributed by atoms with van der Waals surface area (Å²) in [7, 11) is 0. The Bertz CT molecular complexity index is 699. The van der Waals surface area contributed by atoms with Crippen LogP contribution in [-0.4, -0.2) is 16.4 Å². The molecule has 0 aliphatic heterocycles. The summed E-state index contributed by atoms with van der Waals surface area (Å²) in [6.45, 7) is 4.31. The molecule has 3 nitrogen and oxygen atoms in total. The molecule has 1 aliphatic rings. The highest BCUT2D eigenvalue weighted by atomic mass is 32.2. The van der Waals surface area contributed by atoms with Gasteiger partial charge in [-0.05, 0) is 47.9 Å². The molecule has 0 fully saturated rings. The number of phenols is 1. The van der Waals surface area contributed by atoms with E-state index in [9.17, 15) is 5.11 Å². The van der Waals surface area contributed by atoms with E-state index in [4.69, 9.17) is 11.5 Å². The van der Waals surface area contributed by atoms with Gasteiger partial charge in [0.15, 0.2) is 0 Å². The first kappa shape index (κ1) is 15.3. The molecule has 0 radical (unpaired) electrons. The normalized spacial score (nSPS) is 23.0. The van der Waals surface area contributed by atoms with Crippen molar-refractivity contribution in [2.75, 3.05) is 5.73 Å². The first-order valence-electron chi connectivity index (χ1n) is 7.48. The second-order valence-electron chi connectivity index (χ2n) is 6.52. The van der Waals surface area contributed by atoms with Crippen LogP contribution in [0.2, 0.25) is 0 Å². The van der Waals surface area contributed by atoms with Gasteiger partial charge in [0.2, 0.25) is 0 Å². The van der Waals surface area contributed by atoms with Crippen LogP contribution in [-0.2, 0) is 11.8 Å². The Morgan fingerprint density at radius 2 is 1.95 bits per heavy atom. The molecule has 0 amide bonds. The predicted octanol–water partition coefficient (Wildman–Crippen LogP) is 3.30. The van der Waals surface area contributed by atoms with E-state index in [2.05, 4.69) is 19.9 Å². The maximum Gasteiger partial charge on any atom is 0.115 e. The molecule has 0 saturated carbocycles. The molecule has 0 spiro atoms. The van der Waals surface area contributed by atoms with Gasteiger partial charge in [0, 0.05) is 27.3 Å². The molecule has 5 N–H and O–H groups in total. The molecule has 0 bridgehead atoms. The largest absolute Gasteiger partial charge is 0.508 e. The van der Waals surface area contributed by atoms with E-state index in [0.29, 0.717) is 5.75 Å². The summed E-state index contributed by atoms with van der Waals surface area (Å²) >= 11 is 1.79. The Balaban J connectivity index is 1.93. The van der Waals surface area contributed by atoms with Crippen molar-refractivity contribution in [2.45, 2.75) is 41.9 Å². The molecule has 2 aromatic carbocycles. The van der Waals surface area contributed by atoms with Crippen molar-refractivity contribution in [3.63, 3.8) is 0 Å². The van der Waals surface area contributed by atoms with Gasteiger partial charge in [0.1, 0.15) is 5.75 Å². The molecule has 2 atom stereocenters. The van der Waals surface area contributed by atoms with E-state index < -0.39 is 0 Å². The fourth-order valence-electron chi connectivity index (χ4n) is 3.21. The number of nitrogens with two attached hydrogens (primary N) is 2. The Hall–Kier alpha value is -1.65. The van der Waals surface area contributed by atoms with Crippen LogP contribution >= 0.6 is 11.8 Å². The highest BCUT2D eigenvalue weighted by molar-refractivity contribution is 8.00. The van der Waals surface area contributed by atoms with Crippen LogP contribution in [0.15, 0.2) is 47.4 Å². The lowest BCUT2D eigenvalue weighted by Gasteiger charge is -2.43. The van der Waals surface area contributed by atoms with Crippen LogP contribution in [0.4, 0.5) is 5.69 Å². The third-order valence-electron chi connectivity index (χ3n) is 4.59. The van der Waals surface area contributed by atoms with Gasteiger partial charge in [0.05, 0.1) is 0 Å². The van der Waals surface area contributed by atoms with Crippen LogP contribution < -0.4 is 11.5 Å². The van der Waals surface area contributed by atoms with E-state index >= 15 is 0 Å². The van der Waals surface area contributed by atoms with Gasteiger partial charge >= 0.3 is 0 Å². The molecule has 4 heteroatoms. The maximum absolute atomic E-state index is 9.78. The monoisotopic (exact) mass is 314 g/mol. The van der Waals surface area contributed by atoms with Gasteiger partial charge in [-0.15, -0.1) is 11.8 Å². The predicted molar refractivity (Wildman–Crippen MR) is 93.3 cm³/mol. The number of fused-ring (bicyclic) bond motifs is 1. The minimum atomic E-state index is -0.176. The molecule has 3 rings (SSSR count). The summed E-state index contributed by atoms with van der Waals surface area (Å²) < 4.78 is 0. The number of thioether (sulfide) groups is 1. The van der Waals surface area contributed by atoms with E-state index in [1.807, 2.05) is 30.3 Å². The third kappa shape index (κ3) is 2.69. The lowest BCUT2D eigenvalue weighted by atomic mass is 9.69. The van der Waals surface area contributed by atoms with Gasteiger partial charge < -0.3 is 16.6 Å². The maximum atomic E-state index is 9.78. The van der Waals surface area contributed by atoms with Crippen molar-refractivity contribution < 1.29 is 5.11 Å². The Morgan fingerprint density at radius 3 is 2.68 bits per heavy atom. The number of benzene rings is 2. The lowest BCUT2D eigenvalue weighted by Crippen LogP contribution is -2.52. The number of anilines is 1.